The van der Waals surface area contributed by atoms with Gasteiger partial charge in [-0.15, -0.1) is 0 Å². The zero-order valence-electron chi connectivity index (χ0n) is 11.0. The normalized spacial score (nSPS) is 26.8. The Morgan fingerprint density at radius 3 is 3.05 bits per heavy atom. The van der Waals surface area contributed by atoms with Crippen molar-refractivity contribution in [2.45, 2.75) is 25.3 Å². The van der Waals surface area contributed by atoms with Crippen LogP contribution < -0.4 is 5.32 Å². The number of aromatic nitrogens is 2. The van der Waals surface area contributed by atoms with Crippen LogP contribution in [-0.4, -0.2) is 45.4 Å². The lowest BCUT2D eigenvalue weighted by Crippen LogP contribution is -2.55. The number of imidazole rings is 1. The summed E-state index contributed by atoms with van der Waals surface area (Å²) in [5, 5.41) is 3.03. The summed E-state index contributed by atoms with van der Waals surface area (Å²) in [5.41, 5.74) is 0.501. The average Bonchev–Trinajstić information content (AvgIpc) is 2.84. The summed E-state index contributed by atoms with van der Waals surface area (Å²) >= 11 is 0. The molecule has 3 rings (SSSR count). The van der Waals surface area contributed by atoms with Gasteiger partial charge in [-0.3, -0.25) is 9.59 Å². The first kappa shape index (κ1) is 12.2. The number of hydrogen-bond donors (Lipinski definition) is 1. The van der Waals surface area contributed by atoms with Gasteiger partial charge in [-0.1, -0.05) is 0 Å². The minimum atomic E-state index is -0.00375. The highest BCUT2D eigenvalue weighted by molar-refractivity contribution is 5.92. The molecule has 102 valence electrons. The fourth-order valence-corrected chi connectivity index (χ4v) is 2.98. The van der Waals surface area contributed by atoms with Crippen LogP contribution in [0.15, 0.2) is 12.5 Å². The van der Waals surface area contributed by atoms with E-state index in [9.17, 15) is 9.59 Å². The van der Waals surface area contributed by atoms with E-state index in [1.165, 1.54) is 0 Å². The number of fused-ring (bicyclic) bond motifs is 1. The van der Waals surface area contributed by atoms with E-state index in [2.05, 4.69) is 10.3 Å². The van der Waals surface area contributed by atoms with Crippen molar-refractivity contribution >= 4 is 11.8 Å². The van der Waals surface area contributed by atoms with Crippen molar-refractivity contribution in [2.24, 2.45) is 13.0 Å². The van der Waals surface area contributed by atoms with E-state index in [4.69, 9.17) is 0 Å². The second kappa shape index (κ2) is 4.68. The largest absolute Gasteiger partial charge is 0.353 e. The number of nitrogens with one attached hydrogen (secondary N) is 1. The maximum atomic E-state index is 12.3. The molecule has 2 atom stereocenters. The van der Waals surface area contributed by atoms with Crippen molar-refractivity contribution in [1.82, 2.24) is 19.8 Å². The Morgan fingerprint density at radius 1 is 1.47 bits per heavy atom. The Hall–Kier alpha value is -1.85. The highest BCUT2D eigenvalue weighted by Crippen LogP contribution is 2.26. The zero-order valence-corrected chi connectivity index (χ0v) is 11.0. The van der Waals surface area contributed by atoms with Gasteiger partial charge in [-0.25, -0.2) is 4.98 Å². The van der Waals surface area contributed by atoms with Crippen LogP contribution in [0.3, 0.4) is 0 Å². The number of likely N-dealkylation sites (tertiary alicyclic amines) is 1. The Bertz CT molecular complexity index is 510. The number of carbonyl (C=O) groups excluding carboxylic acids is 2. The van der Waals surface area contributed by atoms with E-state index < -0.39 is 0 Å². The molecule has 1 aromatic rings. The summed E-state index contributed by atoms with van der Waals surface area (Å²) in [5.74, 6) is 0.529. The molecule has 2 unspecified atom stereocenters. The third kappa shape index (κ3) is 2.34. The smallest absolute Gasteiger partial charge is 0.274 e. The van der Waals surface area contributed by atoms with Crippen LogP contribution in [-0.2, 0) is 11.8 Å². The van der Waals surface area contributed by atoms with Gasteiger partial charge in [-0.2, -0.15) is 0 Å². The van der Waals surface area contributed by atoms with Gasteiger partial charge in [0, 0.05) is 38.8 Å². The van der Waals surface area contributed by atoms with Crippen LogP contribution in [0.5, 0.6) is 0 Å². The maximum absolute atomic E-state index is 12.3. The summed E-state index contributed by atoms with van der Waals surface area (Å²) in [4.78, 5) is 29.6. The first-order chi connectivity index (χ1) is 9.13. The molecule has 2 amide bonds. The molecule has 0 aromatic carbocycles. The van der Waals surface area contributed by atoms with Crippen LogP contribution in [0.1, 0.15) is 29.8 Å². The minimum absolute atomic E-state index is 0.00375. The molecule has 6 heteroatoms. The lowest BCUT2D eigenvalue weighted by Gasteiger charge is -2.41. The second-order valence-corrected chi connectivity index (χ2v) is 5.44. The van der Waals surface area contributed by atoms with E-state index in [1.54, 1.807) is 17.1 Å². The van der Waals surface area contributed by atoms with E-state index in [0.717, 1.165) is 19.4 Å². The van der Waals surface area contributed by atoms with Crippen molar-refractivity contribution < 1.29 is 9.59 Å². The summed E-state index contributed by atoms with van der Waals surface area (Å²) in [6.45, 7) is 1.41. The summed E-state index contributed by atoms with van der Waals surface area (Å²) in [6, 6.07) is 0.244. The van der Waals surface area contributed by atoms with Gasteiger partial charge in [0.1, 0.15) is 5.69 Å². The summed E-state index contributed by atoms with van der Waals surface area (Å²) in [7, 11) is 1.85. The van der Waals surface area contributed by atoms with Crippen LogP contribution in [0.25, 0.3) is 0 Å². The van der Waals surface area contributed by atoms with Gasteiger partial charge in [0.2, 0.25) is 5.91 Å². The molecule has 2 aliphatic rings. The number of aryl methyl sites for hydroxylation is 1. The molecule has 3 heterocycles. The van der Waals surface area contributed by atoms with E-state index in [0.29, 0.717) is 24.6 Å². The number of carbonyl (C=O) groups is 2. The highest BCUT2D eigenvalue weighted by atomic mass is 16.2. The highest BCUT2D eigenvalue weighted by Gasteiger charge is 2.35. The van der Waals surface area contributed by atoms with Crippen LogP contribution in [0, 0.1) is 5.92 Å². The van der Waals surface area contributed by atoms with E-state index in [-0.39, 0.29) is 17.9 Å². The third-order valence-corrected chi connectivity index (χ3v) is 4.03. The van der Waals surface area contributed by atoms with Gasteiger partial charge in [0.25, 0.3) is 5.91 Å². The fraction of sp³-hybridized carbons (Fsp3) is 0.615. The number of hydrogen-bond acceptors (Lipinski definition) is 3. The average molecular weight is 262 g/mol. The molecule has 0 aliphatic carbocycles. The predicted molar refractivity (Wildman–Crippen MR) is 68.4 cm³/mol. The van der Waals surface area contributed by atoms with E-state index >= 15 is 0 Å². The first-order valence-corrected chi connectivity index (χ1v) is 6.70. The Balaban J connectivity index is 1.68. The zero-order chi connectivity index (χ0) is 13.4. The molecule has 2 saturated heterocycles. The molecule has 0 bridgehead atoms. The molecule has 2 aliphatic heterocycles. The second-order valence-electron chi connectivity index (χ2n) is 5.44. The van der Waals surface area contributed by atoms with Crippen molar-refractivity contribution in [3.63, 3.8) is 0 Å². The molecule has 1 aromatic heterocycles. The first-order valence-electron chi connectivity index (χ1n) is 6.70. The molecular weight excluding hydrogens is 244 g/mol. The van der Waals surface area contributed by atoms with Crippen molar-refractivity contribution in [3.05, 3.63) is 18.2 Å². The lowest BCUT2D eigenvalue weighted by atomic mass is 9.85. The van der Waals surface area contributed by atoms with Gasteiger partial charge < -0.3 is 14.8 Å². The molecule has 0 spiro atoms. The number of amides is 2. The topological polar surface area (TPSA) is 67.2 Å². The Kier molecular flexibility index (Phi) is 3.00. The van der Waals surface area contributed by atoms with Crippen LogP contribution in [0.4, 0.5) is 0 Å². The molecule has 1 N–H and O–H groups in total. The predicted octanol–water partition coefficient (Wildman–Crippen LogP) is 0.161. The lowest BCUT2D eigenvalue weighted by molar-refractivity contribution is -0.125. The Morgan fingerprint density at radius 2 is 2.32 bits per heavy atom. The van der Waals surface area contributed by atoms with Gasteiger partial charge in [0.15, 0.2) is 0 Å². The summed E-state index contributed by atoms with van der Waals surface area (Å²) < 4.78 is 1.78. The molecular formula is C13H18N4O2. The maximum Gasteiger partial charge on any atom is 0.274 e. The SMILES string of the molecule is Cn1cnc(C(=O)N2CCC3NC(=O)CCC3C2)c1. The fourth-order valence-electron chi connectivity index (χ4n) is 2.98. The summed E-state index contributed by atoms with van der Waals surface area (Å²) in [6.07, 6.45) is 5.68. The number of nitrogens with zero attached hydrogens (tertiary/aromatic N) is 3. The molecule has 6 nitrogen and oxygen atoms in total. The van der Waals surface area contributed by atoms with Crippen molar-refractivity contribution in [3.8, 4) is 0 Å². The van der Waals surface area contributed by atoms with Crippen molar-refractivity contribution in [1.29, 1.82) is 0 Å². The van der Waals surface area contributed by atoms with Gasteiger partial charge in [0.05, 0.1) is 6.33 Å². The van der Waals surface area contributed by atoms with Crippen LogP contribution >= 0.6 is 0 Å². The van der Waals surface area contributed by atoms with Gasteiger partial charge >= 0.3 is 0 Å². The van der Waals surface area contributed by atoms with Gasteiger partial charge in [-0.05, 0) is 18.8 Å². The standard InChI is InChI=1S/C13H18N4O2/c1-16-7-11(14-8-16)13(19)17-5-4-10-9(6-17)2-3-12(18)15-10/h7-10H,2-6H2,1H3,(H,15,18). The number of rotatable bonds is 1. The third-order valence-electron chi connectivity index (χ3n) is 4.03. The molecule has 19 heavy (non-hydrogen) atoms. The molecule has 0 radical (unpaired) electrons. The van der Waals surface area contributed by atoms with Crippen molar-refractivity contribution in [2.75, 3.05) is 13.1 Å². The Labute approximate surface area is 111 Å². The van der Waals surface area contributed by atoms with Crippen LogP contribution in [0.2, 0.25) is 0 Å². The molecule has 2 fully saturated rings. The number of piperidine rings is 2. The quantitative estimate of drug-likeness (QED) is 0.784. The molecule has 0 saturated carbocycles. The van der Waals surface area contributed by atoms with E-state index in [1.807, 2.05) is 11.9 Å². The minimum Gasteiger partial charge on any atom is -0.353 e. The monoisotopic (exact) mass is 262 g/mol.